The number of fused-ring (bicyclic) bond motifs is 1. The van der Waals surface area contributed by atoms with Gasteiger partial charge in [-0.25, -0.2) is 14.6 Å². The van der Waals surface area contributed by atoms with Gasteiger partial charge in [0.05, 0.1) is 13.2 Å². The number of hydrogen-bond acceptors (Lipinski definition) is 7. The van der Waals surface area contributed by atoms with Crippen LogP contribution in [-0.2, 0) is 38.8 Å². The number of carboxylic acid groups (broad SMARTS) is 2. The molecule has 2 aromatic rings. The van der Waals surface area contributed by atoms with E-state index in [1.165, 1.54) is 5.69 Å². The second kappa shape index (κ2) is 15.1. The number of carbonyl (C=O) groups is 3. The average molecular weight is 586 g/mol. The Balaban J connectivity index is 0.000000473. The first-order valence-corrected chi connectivity index (χ1v) is 11.2. The molecular formula is C23H28F6N4O7. The van der Waals surface area contributed by atoms with Crippen LogP contribution in [0.1, 0.15) is 11.3 Å². The van der Waals surface area contributed by atoms with Crippen LogP contribution in [-0.4, -0.2) is 100 Å². The van der Waals surface area contributed by atoms with Gasteiger partial charge < -0.3 is 29.2 Å². The first-order chi connectivity index (χ1) is 18.4. The van der Waals surface area contributed by atoms with Crippen LogP contribution in [0.2, 0.25) is 0 Å². The molecule has 0 saturated heterocycles. The van der Waals surface area contributed by atoms with E-state index in [9.17, 15) is 31.1 Å². The number of pyridine rings is 1. The van der Waals surface area contributed by atoms with E-state index in [0.29, 0.717) is 12.4 Å². The zero-order chi connectivity index (χ0) is 30.7. The topological polar surface area (TPSA) is 134 Å². The predicted molar refractivity (Wildman–Crippen MR) is 125 cm³/mol. The van der Waals surface area contributed by atoms with Crippen molar-refractivity contribution in [3.63, 3.8) is 0 Å². The van der Waals surface area contributed by atoms with Crippen molar-refractivity contribution in [1.82, 2.24) is 19.4 Å². The second-order valence-electron chi connectivity index (χ2n) is 8.32. The van der Waals surface area contributed by atoms with Crippen LogP contribution in [0.25, 0.3) is 0 Å². The molecule has 3 heterocycles. The van der Waals surface area contributed by atoms with E-state index < -0.39 is 24.3 Å². The maximum absolute atomic E-state index is 11.9. The lowest BCUT2D eigenvalue weighted by Crippen LogP contribution is -2.36. The van der Waals surface area contributed by atoms with Gasteiger partial charge in [0.15, 0.2) is 0 Å². The van der Waals surface area contributed by atoms with Crippen LogP contribution in [0, 0.1) is 0 Å². The fourth-order valence-electron chi connectivity index (χ4n) is 3.14. The minimum atomic E-state index is -5.08. The number of aliphatic carboxylic acids is 2. The van der Waals surface area contributed by atoms with E-state index >= 15 is 0 Å². The predicted octanol–water partition coefficient (Wildman–Crippen LogP) is 2.65. The SMILES string of the molecule is COc1ncccc1CN1Cc2cccn2CC(OCC(=O)N(C)C)C1.O=C(O)C(F)(F)F.O=C(O)C(F)(F)F. The summed E-state index contributed by atoms with van der Waals surface area (Å²) in [6.45, 7) is 3.10. The number of carbonyl (C=O) groups excluding carboxylic acids is 1. The maximum Gasteiger partial charge on any atom is 0.490 e. The summed E-state index contributed by atoms with van der Waals surface area (Å²) >= 11 is 0. The van der Waals surface area contributed by atoms with Gasteiger partial charge in [-0.05, 0) is 18.2 Å². The third-order valence-electron chi connectivity index (χ3n) is 5.03. The number of likely N-dealkylation sites (N-methyl/N-ethyl adjacent to an activating group) is 1. The van der Waals surface area contributed by atoms with Crippen LogP contribution >= 0.6 is 0 Å². The molecule has 2 aromatic heterocycles. The summed E-state index contributed by atoms with van der Waals surface area (Å²) in [6.07, 6.45) is -6.43. The molecule has 0 fully saturated rings. The van der Waals surface area contributed by atoms with Gasteiger partial charge in [0.1, 0.15) is 6.61 Å². The Hall–Kier alpha value is -3.86. The van der Waals surface area contributed by atoms with Crippen LogP contribution < -0.4 is 4.74 Å². The zero-order valence-electron chi connectivity index (χ0n) is 21.6. The third kappa shape index (κ3) is 11.9. The number of amides is 1. The molecule has 1 aliphatic heterocycles. The molecule has 2 N–H and O–H groups in total. The molecule has 0 saturated carbocycles. The highest BCUT2D eigenvalue weighted by Crippen LogP contribution is 2.21. The highest BCUT2D eigenvalue weighted by molar-refractivity contribution is 5.76. The summed E-state index contributed by atoms with van der Waals surface area (Å²) in [5, 5.41) is 14.2. The van der Waals surface area contributed by atoms with Gasteiger partial charge >= 0.3 is 24.3 Å². The summed E-state index contributed by atoms with van der Waals surface area (Å²) in [5.41, 5.74) is 2.27. The van der Waals surface area contributed by atoms with Crippen molar-refractivity contribution < 1.29 is 60.4 Å². The van der Waals surface area contributed by atoms with Crippen molar-refractivity contribution in [3.8, 4) is 5.88 Å². The number of carboxylic acids is 2. The number of alkyl halides is 6. The lowest BCUT2D eigenvalue weighted by Gasteiger charge is -2.25. The number of nitrogens with zero attached hydrogens (tertiary/aromatic N) is 4. The number of aromatic nitrogens is 2. The Kier molecular flexibility index (Phi) is 12.9. The Morgan fingerprint density at radius 2 is 1.60 bits per heavy atom. The van der Waals surface area contributed by atoms with E-state index in [0.717, 1.165) is 25.2 Å². The van der Waals surface area contributed by atoms with Gasteiger partial charge in [-0.3, -0.25) is 9.69 Å². The van der Waals surface area contributed by atoms with Crippen molar-refractivity contribution >= 4 is 17.8 Å². The Bertz CT molecular complexity index is 1100. The Morgan fingerprint density at radius 3 is 2.10 bits per heavy atom. The van der Waals surface area contributed by atoms with Crippen molar-refractivity contribution in [3.05, 3.63) is 47.9 Å². The second-order valence-corrected chi connectivity index (χ2v) is 8.32. The van der Waals surface area contributed by atoms with Gasteiger partial charge in [-0.2, -0.15) is 26.3 Å². The minimum absolute atomic E-state index is 0.0255. The van der Waals surface area contributed by atoms with E-state index in [1.54, 1.807) is 32.3 Å². The van der Waals surface area contributed by atoms with Crippen molar-refractivity contribution in [2.75, 3.05) is 34.4 Å². The van der Waals surface area contributed by atoms with Crippen molar-refractivity contribution in [2.45, 2.75) is 38.1 Å². The summed E-state index contributed by atoms with van der Waals surface area (Å²) in [7, 11) is 5.12. The van der Waals surface area contributed by atoms with E-state index in [-0.39, 0.29) is 18.6 Å². The van der Waals surface area contributed by atoms with Gasteiger partial charge in [-0.15, -0.1) is 0 Å². The largest absolute Gasteiger partial charge is 0.490 e. The number of halogens is 6. The summed E-state index contributed by atoms with van der Waals surface area (Å²) in [6, 6.07) is 8.12. The van der Waals surface area contributed by atoms with E-state index in [1.807, 2.05) is 18.2 Å². The molecule has 40 heavy (non-hydrogen) atoms. The Labute approximate surface area is 224 Å². The van der Waals surface area contributed by atoms with E-state index in [2.05, 4.69) is 26.7 Å². The molecule has 0 bridgehead atoms. The van der Waals surface area contributed by atoms with Crippen LogP contribution in [0.3, 0.4) is 0 Å². The van der Waals surface area contributed by atoms with Crippen molar-refractivity contribution in [1.29, 1.82) is 0 Å². The molecule has 1 aliphatic rings. The smallest absolute Gasteiger partial charge is 0.481 e. The molecule has 0 aromatic carbocycles. The molecule has 3 rings (SSSR count). The molecule has 17 heteroatoms. The molecule has 1 amide bonds. The number of ether oxygens (including phenoxy) is 2. The van der Waals surface area contributed by atoms with Gasteiger partial charge in [0.25, 0.3) is 0 Å². The van der Waals surface area contributed by atoms with Crippen LogP contribution in [0.4, 0.5) is 26.3 Å². The fourth-order valence-corrected chi connectivity index (χ4v) is 3.14. The lowest BCUT2D eigenvalue weighted by molar-refractivity contribution is -0.193. The first kappa shape index (κ1) is 34.2. The molecular weight excluding hydrogens is 558 g/mol. The summed E-state index contributed by atoms with van der Waals surface area (Å²) < 4.78 is 77.0. The standard InChI is InChI=1S/C19H26N4O3.2C2HF3O2/c1-21(2)18(24)14-26-17-12-22(11-16-7-5-9-23(16)13-17)10-15-6-4-8-20-19(15)25-3;2*3-2(4,5)1(6)7/h4-9,17H,10-14H2,1-3H3;2*(H,6,7). The van der Waals surface area contributed by atoms with Crippen LogP contribution in [0.5, 0.6) is 5.88 Å². The minimum Gasteiger partial charge on any atom is -0.481 e. The summed E-state index contributed by atoms with van der Waals surface area (Å²) in [5.74, 6) is -4.89. The monoisotopic (exact) mass is 586 g/mol. The van der Waals surface area contributed by atoms with Crippen molar-refractivity contribution in [2.24, 2.45) is 0 Å². The van der Waals surface area contributed by atoms with Crippen LogP contribution in [0.15, 0.2) is 36.7 Å². The number of methoxy groups -OCH3 is 1. The molecule has 0 radical (unpaired) electrons. The maximum atomic E-state index is 11.9. The molecule has 0 aliphatic carbocycles. The average Bonchev–Trinajstić information content (AvgIpc) is 3.21. The molecule has 1 unspecified atom stereocenters. The fraction of sp³-hybridized carbons (Fsp3) is 0.478. The third-order valence-corrected chi connectivity index (χ3v) is 5.03. The molecule has 11 nitrogen and oxygen atoms in total. The first-order valence-electron chi connectivity index (χ1n) is 11.2. The number of hydrogen-bond donors (Lipinski definition) is 2. The number of rotatable bonds is 6. The molecule has 1 atom stereocenters. The normalized spacial score (nSPS) is 15.3. The lowest BCUT2D eigenvalue weighted by atomic mass is 10.2. The van der Waals surface area contributed by atoms with E-state index in [4.69, 9.17) is 29.3 Å². The molecule has 224 valence electrons. The van der Waals surface area contributed by atoms with Gasteiger partial charge in [0, 0.05) is 63.9 Å². The highest BCUT2D eigenvalue weighted by atomic mass is 19.4. The zero-order valence-corrected chi connectivity index (χ0v) is 21.6. The van der Waals surface area contributed by atoms with Gasteiger partial charge in [0.2, 0.25) is 11.8 Å². The quantitative estimate of drug-likeness (QED) is 0.490. The Morgan fingerprint density at radius 1 is 1.02 bits per heavy atom. The van der Waals surface area contributed by atoms with Gasteiger partial charge in [-0.1, -0.05) is 6.07 Å². The molecule has 0 spiro atoms. The summed E-state index contributed by atoms with van der Waals surface area (Å²) in [4.78, 5) is 37.8. The highest BCUT2D eigenvalue weighted by Gasteiger charge is 2.38.